The summed E-state index contributed by atoms with van der Waals surface area (Å²) in [6.45, 7) is 6.02. The van der Waals surface area contributed by atoms with E-state index in [1.807, 2.05) is 6.92 Å². The van der Waals surface area contributed by atoms with Gasteiger partial charge < -0.3 is 10.5 Å². The number of nitrogens with two attached hydrogens (primary N) is 1. The summed E-state index contributed by atoms with van der Waals surface area (Å²) in [6.07, 6.45) is 0.675. The molecule has 0 aromatic heterocycles. The number of benzene rings is 1. The topological polar surface area (TPSA) is 52.3 Å². The number of anilines is 1. The molecule has 1 rings (SSSR count). The Bertz CT molecular complexity index is 384. The number of esters is 1. The predicted molar refractivity (Wildman–Crippen MR) is 70.2 cm³/mol. The summed E-state index contributed by atoms with van der Waals surface area (Å²) < 4.78 is 5.31. The van der Waals surface area contributed by atoms with Crippen LogP contribution in [0.5, 0.6) is 0 Å². The fourth-order valence-corrected chi connectivity index (χ4v) is 1.97. The second-order valence-electron chi connectivity index (χ2n) is 4.55. The Morgan fingerprint density at radius 1 is 1.41 bits per heavy atom. The highest BCUT2D eigenvalue weighted by molar-refractivity contribution is 6.34. The molecule has 2 N–H and O–H groups in total. The maximum atomic E-state index is 11.9. The van der Waals surface area contributed by atoms with Gasteiger partial charge in [-0.05, 0) is 31.4 Å². The van der Waals surface area contributed by atoms with Crippen LogP contribution < -0.4 is 5.73 Å². The molecule has 1 aromatic rings. The Hall–Kier alpha value is -1.22. The molecule has 0 saturated carbocycles. The summed E-state index contributed by atoms with van der Waals surface area (Å²) in [6, 6.07) is 4.96. The van der Waals surface area contributed by atoms with Crippen LogP contribution in [0, 0.1) is 5.92 Å². The fraction of sp³-hybridized carbons (Fsp3) is 0.462. The van der Waals surface area contributed by atoms with Crippen molar-refractivity contribution in [2.45, 2.75) is 33.3 Å². The molecule has 0 fully saturated rings. The Kier molecular flexibility index (Phi) is 4.82. The van der Waals surface area contributed by atoms with Crippen LogP contribution in [0.2, 0.25) is 5.02 Å². The normalized spacial score (nSPS) is 12.5. The summed E-state index contributed by atoms with van der Waals surface area (Å²) in [7, 11) is 0. The smallest absolute Gasteiger partial charge is 0.342 e. The molecule has 0 saturated heterocycles. The number of hydrogen-bond donors (Lipinski definition) is 1. The minimum Gasteiger partial charge on any atom is -0.459 e. The molecule has 0 aliphatic rings. The average molecular weight is 256 g/mol. The zero-order valence-corrected chi connectivity index (χ0v) is 11.1. The second kappa shape index (κ2) is 5.92. The van der Waals surface area contributed by atoms with Crippen LogP contribution in [0.4, 0.5) is 5.69 Å². The lowest BCUT2D eigenvalue weighted by Crippen LogP contribution is -2.18. The van der Waals surface area contributed by atoms with Crippen LogP contribution in [0.15, 0.2) is 18.2 Å². The lowest BCUT2D eigenvalue weighted by atomic mass is 10.1. The summed E-state index contributed by atoms with van der Waals surface area (Å²) in [5.74, 6) is 0.0163. The van der Waals surface area contributed by atoms with Gasteiger partial charge in [-0.2, -0.15) is 0 Å². The van der Waals surface area contributed by atoms with E-state index in [0.717, 1.165) is 6.42 Å². The number of carbonyl (C=O) groups is 1. The maximum Gasteiger partial charge on any atom is 0.342 e. The average Bonchev–Trinajstić information content (AvgIpc) is 2.15. The first kappa shape index (κ1) is 13.8. The van der Waals surface area contributed by atoms with E-state index in [4.69, 9.17) is 22.1 Å². The van der Waals surface area contributed by atoms with Gasteiger partial charge >= 0.3 is 5.97 Å². The van der Waals surface area contributed by atoms with Crippen LogP contribution in [0.3, 0.4) is 0 Å². The van der Waals surface area contributed by atoms with Gasteiger partial charge in [-0.15, -0.1) is 0 Å². The number of halogens is 1. The number of hydrogen-bond acceptors (Lipinski definition) is 3. The van der Waals surface area contributed by atoms with Crippen molar-refractivity contribution in [1.82, 2.24) is 0 Å². The van der Waals surface area contributed by atoms with E-state index in [1.54, 1.807) is 18.2 Å². The first-order valence-corrected chi connectivity index (χ1v) is 6.04. The maximum absolute atomic E-state index is 11.9. The van der Waals surface area contributed by atoms with Crippen molar-refractivity contribution in [1.29, 1.82) is 0 Å². The Labute approximate surface area is 107 Å². The van der Waals surface area contributed by atoms with Crippen molar-refractivity contribution in [3.05, 3.63) is 28.8 Å². The molecule has 4 heteroatoms. The summed E-state index contributed by atoms with van der Waals surface area (Å²) in [5.41, 5.74) is 6.31. The van der Waals surface area contributed by atoms with Crippen LogP contribution in [0.25, 0.3) is 0 Å². The summed E-state index contributed by atoms with van der Waals surface area (Å²) in [5, 5.41) is 0.326. The van der Waals surface area contributed by atoms with E-state index in [9.17, 15) is 4.79 Å². The van der Waals surface area contributed by atoms with Crippen molar-refractivity contribution in [2.75, 3.05) is 5.73 Å². The monoisotopic (exact) mass is 255 g/mol. The van der Waals surface area contributed by atoms with Gasteiger partial charge in [0.2, 0.25) is 0 Å². The molecule has 0 heterocycles. The number of nitrogen functional groups attached to an aromatic ring is 1. The molecule has 1 atom stereocenters. The molecule has 1 aromatic carbocycles. The van der Waals surface area contributed by atoms with Crippen LogP contribution >= 0.6 is 11.6 Å². The quantitative estimate of drug-likeness (QED) is 0.662. The van der Waals surface area contributed by atoms with Gasteiger partial charge in [0.25, 0.3) is 0 Å². The van der Waals surface area contributed by atoms with E-state index in [-0.39, 0.29) is 11.7 Å². The van der Waals surface area contributed by atoms with Crippen LogP contribution in [0.1, 0.15) is 37.6 Å². The van der Waals surface area contributed by atoms with E-state index in [2.05, 4.69) is 13.8 Å². The number of ether oxygens (including phenoxy) is 1. The third-order valence-electron chi connectivity index (χ3n) is 2.36. The van der Waals surface area contributed by atoms with Crippen molar-refractivity contribution in [2.24, 2.45) is 5.92 Å². The minimum absolute atomic E-state index is 0.141. The predicted octanol–water partition coefficient (Wildman–Crippen LogP) is 3.51. The van der Waals surface area contributed by atoms with Gasteiger partial charge in [-0.25, -0.2) is 4.79 Å². The van der Waals surface area contributed by atoms with Crippen molar-refractivity contribution in [3.63, 3.8) is 0 Å². The fourth-order valence-electron chi connectivity index (χ4n) is 1.71. The first-order chi connectivity index (χ1) is 7.91. The molecule has 0 aliphatic carbocycles. The molecule has 0 radical (unpaired) electrons. The summed E-state index contributed by atoms with van der Waals surface area (Å²) >= 11 is 5.93. The molecule has 0 bridgehead atoms. The third-order valence-corrected chi connectivity index (χ3v) is 2.68. The number of carbonyl (C=O) groups excluding carboxylic acids is 1. The van der Waals surface area contributed by atoms with Gasteiger partial charge in [0.1, 0.15) is 5.56 Å². The molecule has 1 unspecified atom stereocenters. The van der Waals surface area contributed by atoms with E-state index in [0.29, 0.717) is 16.6 Å². The van der Waals surface area contributed by atoms with Crippen LogP contribution in [-0.4, -0.2) is 12.1 Å². The first-order valence-electron chi connectivity index (χ1n) is 5.66. The number of rotatable bonds is 4. The van der Waals surface area contributed by atoms with E-state index in [1.165, 1.54) is 0 Å². The molecule has 17 heavy (non-hydrogen) atoms. The zero-order chi connectivity index (χ0) is 13.0. The zero-order valence-electron chi connectivity index (χ0n) is 10.4. The molecule has 0 aliphatic heterocycles. The highest BCUT2D eigenvalue weighted by Crippen LogP contribution is 2.23. The van der Waals surface area contributed by atoms with Gasteiger partial charge in [-0.3, -0.25) is 0 Å². The largest absolute Gasteiger partial charge is 0.459 e. The Morgan fingerprint density at radius 3 is 2.59 bits per heavy atom. The molecule has 0 spiro atoms. The third kappa shape index (κ3) is 3.93. The molecular formula is C13H18ClNO2. The molecule has 94 valence electrons. The Balaban J connectivity index is 2.77. The van der Waals surface area contributed by atoms with Crippen molar-refractivity contribution >= 4 is 23.3 Å². The lowest BCUT2D eigenvalue weighted by Gasteiger charge is -2.16. The van der Waals surface area contributed by atoms with Gasteiger partial charge in [0.15, 0.2) is 0 Å². The minimum atomic E-state index is -0.457. The second-order valence-corrected chi connectivity index (χ2v) is 4.96. The molecule has 3 nitrogen and oxygen atoms in total. The van der Waals surface area contributed by atoms with Crippen molar-refractivity contribution in [3.8, 4) is 0 Å². The highest BCUT2D eigenvalue weighted by atomic mass is 35.5. The SMILES string of the molecule is CC(C)CC(C)OC(=O)c1c(N)cccc1Cl. The Morgan fingerprint density at radius 2 is 2.06 bits per heavy atom. The van der Waals surface area contributed by atoms with E-state index >= 15 is 0 Å². The van der Waals surface area contributed by atoms with E-state index < -0.39 is 5.97 Å². The van der Waals surface area contributed by atoms with Gasteiger partial charge in [0.05, 0.1) is 11.1 Å². The van der Waals surface area contributed by atoms with Crippen LogP contribution in [-0.2, 0) is 4.74 Å². The van der Waals surface area contributed by atoms with Gasteiger partial charge in [0, 0.05) is 5.69 Å². The molecule has 0 amide bonds. The highest BCUT2D eigenvalue weighted by Gasteiger charge is 2.18. The lowest BCUT2D eigenvalue weighted by molar-refractivity contribution is 0.0301. The summed E-state index contributed by atoms with van der Waals surface area (Å²) in [4.78, 5) is 11.9. The van der Waals surface area contributed by atoms with Gasteiger partial charge in [-0.1, -0.05) is 31.5 Å². The molecular weight excluding hydrogens is 238 g/mol. The van der Waals surface area contributed by atoms with Crippen molar-refractivity contribution < 1.29 is 9.53 Å². The standard InChI is InChI=1S/C13H18ClNO2/c1-8(2)7-9(3)17-13(16)12-10(14)5-4-6-11(12)15/h4-6,8-9H,7,15H2,1-3H3.